The van der Waals surface area contributed by atoms with Crippen molar-refractivity contribution in [2.24, 2.45) is 0 Å². The number of nitrogens with one attached hydrogen (secondary N) is 1. The van der Waals surface area contributed by atoms with Crippen LogP contribution < -0.4 is 10.1 Å². The van der Waals surface area contributed by atoms with Crippen LogP contribution in [-0.2, 0) is 0 Å². The van der Waals surface area contributed by atoms with E-state index in [1.54, 1.807) is 7.11 Å². The van der Waals surface area contributed by atoms with E-state index in [1.807, 2.05) is 36.4 Å². The minimum absolute atomic E-state index is 0.244. The fraction of sp³-hybridized carbons (Fsp3) is 0.250. The average molecular weight is 276 g/mol. The summed E-state index contributed by atoms with van der Waals surface area (Å²) in [4.78, 5) is 0. The number of rotatable bonds is 5. The molecule has 2 rings (SSSR count). The summed E-state index contributed by atoms with van der Waals surface area (Å²) in [6, 6.07) is 16.1. The van der Waals surface area contributed by atoms with Crippen molar-refractivity contribution >= 4 is 17.3 Å². The zero-order valence-corrected chi connectivity index (χ0v) is 11.9. The van der Waals surface area contributed by atoms with Gasteiger partial charge in [-0.3, -0.25) is 0 Å². The summed E-state index contributed by atoms with van der Waals surface area (Å²) in [5, 5.41) is 4.28. The van der Waals surface area contributed by atoms with Gasteiger partial charge in [0.1, 0.15) is 5.75 Å². The number of anilines is 1. The van der Waals surface area contributed by atoms with Crippen LogP contribution in [0.5, 0.6) is 5.75 Å². The highest BCUT2D eigenvalue weighted by molar-refractivity contribution is 6.30. The molecule has 0 fully saturated rings. The lowest BCUT2D eigenvalue weighted by atomic mass is 10.0. The average Bonchev–Trinajstić information content (AvgIpc) is 2.46. The largest absolute Gasteiger partial charge is 0.495 e. The van der Waals surface area contributed by atoms with Gasteiger partial charge in [-0.2, -0.15) is 0 Å². The van der Waals surface area contributed by atoms with E-state index >= 15 is 0 Å². The van der Waals surface area contributed by atoms with Crippen molar-refractivity contribution in [2.45, 2.75) is 19.4 Å². The number of methoxy groups -OCH3 is 1. The highest BCUT2D eigenvalue weighted by Crippen LogP contribution is 2.29. The van der Waals surface area contributed by atoms with Gasteiger partial charge in [-0.25, -0.2) is 0 Å². The summed E-state index contributed by atoms with van der Waals surface area (Å²) >= 11 is 5.93. The van der Waals surface area contributed by atoms with Crippen LogP contribution in [0, 0.1) is 0 Å². The third kappa shape index (κ3) is 3.42. The first-order chi connectivity index (χ1) is 9.24. The Kier molecular flexibility index (Phi) is 4.69. The highest BCUT2D eigenvalue weighted by atomic mass is 35.5. The van der Waals surface area contributed by atoms with E-state index in [0.29, 0.717) is 0 Å². The molecule has 0 bridgehead atoms. The Labute approximate surface area is 119 Å². The van der Waals surface area contributed by atoms with Crippen molar-refractivity contribution in [3.05, 3.63) is 59.1 Å². The Hall–Kier alpha value is -1.67. The van der Waals surface area contributed by atoms with Crippen LogP contribution in [0.25, 0.3) is 0 Å². The van der Waals surface area contributed by atoms with Crippen LogP contribution >= 0.6 is 11.6 Å². The predicted molar refractivity (Wildman–Crippen MR) is 81.1 cm³/mol. The van der Waals surface area contributed by atoms with E-state index in [-0.39, 0.29) is 6.04 Å². The Bertz CT molecular complexity index is 525. The van der Waals surface area contributed by atoms with Crippen molar-refractivity contribution in [3.63, 3.8) is 0 Å². The van der Waals surface area contributed by atoms with Gasteiger partial charge in [0.05, 0.1) is 18.8 Å². The van der Waals surface area contributed by atoms with Gasteiger partial charge >= 0.3 is 0 Å². The smallest absolute Gasteiger partial charge is 0.141 e. The first kappa shape index (κ1) is 13.8. The van der Waals surface area contributed by atoms with Gasteiger partial charge in [0.15, 0.2) is 0 Å². The van der Waals surface area contributed by atoms with E-state index < -0.39 is 0 Å². The number of ether oxygens (including phenoxy) is 1. The number of halogens is 1. The lowest BCUT2D eigenvalue weighted by Crippen LogP contribution is -2.10. The van der Waals surface area contributed by atoms with Crippen molar-refractivity contribution in [3.8, 4) is 5.75 Å². The maximum atomic E-state index is 5.93. The highest BCUT2D eigenvalue weighted by Gasteiger charge is 2.11. The SMILES string of the molecule is CCC(Nc1ccccc1OC)c1ccc(Cl)cc1. The van der Waals surface area contributed by atoms with Gasteiger partial charge in [-0.1, -0.05) is 42.8 Å². The lowest BCUT2D eigenvalue weighted by Gasteiger charge is -2.20. The monoisotopic (exact) mass is 275 g/mol. The Morgan fingerprint density at radius 1 is 1.11 bits per heavy atom. The molecule has 0 saturated carbocycles. The van der Waals surface area contributed by atoms with Crippen molar-refractivity contribution in [1.82, 2.24) is 0 Å². The van der Waals surface area contributed by atoms with E-state index in [9.17, 15) is 0 Å². The minimum Gasteiger partial charge on any atom is -0.495 e. The molecule has 0 amide bonds. The van der Waals surface area contributed by atoms with Crippen LogP contribution in [0.1, 0.15) is 24.9 Å². The molecule has 0 aliphatic carbocycles. The topological polar surface area (TPSA) is 21.3 Å². The second-order valence-electron chi connectivity index (χ2n) is 4.36. The van der Waals surface area contributed by atoms with Gasteiger partial charge in [0.2, 0.25) is 0 Å². The van der Waals surface area contributed by atoms with Gasteiger partial charge in [0, 0.05) is 5.02 Å². The third-order valence-corrected chi connectivity index (χ3v) is 3.37. The van der Waals surface area contributed by atoms with Gasteiger partial charge in [-0.15, -0.1) is 0 Å². The standard InChI is InChI=1S/C16H18ClNO/c1-3-14(12-8-10-13(17)11-9-12)18-15-6-4-5-7-16(15)19-2/h4-11,14,18H,3H2,1-2H3. The second-order valence-corrected chi connectivity index (χ2v) is 4.79. The molecule has 1 atom stereocenters. The first-order valence-corrected chi connectivity index (χ1v) is 6.77. The minimum atomic E-state index is 0.244. The van der Waals surface area contributed by atoms with Gasteiger partial charge < -0.3 is 10.1 Å². The maximum Gasteiger partial charge on any atom is 0.141 e. The summed E-state index contributed by atoms with van der Waals surface area (Å²) in [6.45, 7) is 2.15. The van der Waals surface area contributed by atoms with E-state index in [1.165, 1.54) is 5.56 Å². The van der Waals surface area contributed by atoms with Crippen LogP contribution in [0.4, 0.5) is 5.69 Å². The molecule has 0 heterocycles. The summed E-state index contributed by atoms with van der Waals surface area (Å²) < 4.78 is 5.36. The molecule has 0 aromatic heterocycles. The summed E-state index contributed by atoms with van der Waals surface area (Å²) in [6.07, 6.45) is 0.986. The Morgan fingerprint density at radius 2 is 1.79 bits per heavy atom. The molecule has 1 N–H and O–H groups in total. The van der Waals surface area contributed by atoms with Crippen LogP contribution in [0.15, 0.2) is 48.5 Å². The Balaban J connectivity index is 2.21. The van der Waals surface area contributed by atoms with Crippen molar-refractivity contribution in [1.29, 1.82) is 0 Å². The number of hydrogen-bond acceptors (Lipinski definition) is 2. The molecule has 0 spiro atoms. The molecule has 0 aliphatic heterocycles. The molecular formula is C16H18ClNO. The zero-order chi connectivity index (χ0) is 13.7. The molecule has 2 aromatic carbocycles. The normalized spacial score (nSPS) is 11.9. The van der Waals surface area contributed by atoms with E-state index in [0.717, 1.165) is 22.9 Å². The number of hydrogen-bond donors (Lipinski definition) is 1. The molecule has 1 unspecified atom stereocenters. The zero-order valence-electron chi connectivity index (χ0n) is 11.2. The number of para-hydroxylation sites is 2. The molecule has 2 nitrogen and oxygen atoms in total. The van der Waals surface area contributed by atoms with E-state index in [2.05, 4.69) is 24.4 Å². The Morgan fingerprint density at radius 3 is 2.42 bits per heavy atom. The molecule has 19 heavy (non-hydrogen) atoms. The van der Waals surface area contributed by atoms with Crippen molar-refractivity contribution in [2.75, 3.05) is 12.4 Å². The second kappa shape index (κ2) is 6.48. The summed E-state index contributed by atoms with van der Waals surface area (Å²) in [7, 11) is 1.68. The van der Waals surface area contributed by atoms with Crippen LogP contribution in [-0.4, -0.2) is 7.11 Å². The number of benzene rings is 2. The lowest BCUT2D eigenvalue weighted by molar-refractivity contribution is 0.416. The van der Waals surface area contributed by atoms with Gasteiger partial charge in [-0.05, 0) is 36.2 Å². The maximum absolute atomic E-state index is 5.93. The quantitative estimate of drug-likeness (QED) is 0.837. The molecule has 0 aliphatic rings. The fourth-order valence-electron chi connectivity index (χ4n) is 2.07. The predicted octanol–water partition coefficient (Wildman–Crippen LogP) is 4.91. The summed E-state index contributed by atoms with van der Waals surface area (Å²) in [5.41, 5.74) is 2.23. The van der Waals surface area contributed by atoms with E-state index in [4.69, 9.17) is 16.3 Å². The molecule has 2 aromatic rings. The molecule has 3 heteroatoms. The molecular weight excluding hydrogens is 258 g/mol. The fourth-order valence-corrected chi connectivity index (χ4v) is 2.19. The third-order valence-electron chi connectivity index (χ3n) is 3.12. The summed E-state index contributed by atoms with van der Waals surface area (Å²) in [5.74, 6) is 0.856. The molecule has 0 radical (unpaired) electrons. The molecule has 0 saturated heterocycles. The van der Waals surface area contributed by atoms with Crippen molar-refractivity contribution < 1.29 is 4.74 Å². The first-order valence-electron chi connectivity index (χ1n) is 6.39. The molecule has 100 valence electrons. The van der Waals surface area contributed by atoms with Gasteiger partial charge in [0.25, 0.3) is 0 Å². The van der Waals surface area contributed by atoms with Crippen LogP contribution in [0.2, 0.25) is 5.02 Å². The van der Waals surface area contributed by atoms with Crippen LogP contribution in [0.3, 0.4) is 0 Å².